The van der Waals surface area contributed by atoms with Crippen LogP contribution in [-0.2, 0) is 16.1 Å². The van der Waals surface area contributed by atoms with Gasteiger partial charge in [0.15, 0.2) is 11.2 Å². The Morgan fingerprint density at radius 3 is 2.82 bits per heavy atom. The van der Waals surface area contributed by atoms with Crippen molar-refractivity contribution >= 4 is 23.0 Å². The van der Waals surface area contributed by atoms with Crippen molar-refractivity contribution in [3.05, 3.63) is 42.9 Å². The van der Waals surface area contributed by atoms with Crippen LogP contribution < -0.4 is 11.1 Å². The van der Waals surface area contributed by atoms with Crippen LogP contribution in [0.5, 0.6) is 0 Å². The summed E-state index contributed by atoms with van der Waals surface area (Å²) in [5.74, 6) is 0.147. The van der Waals surface area contributed by atoms with Gasteiger partial charge in [0, 0.05) is 30.8 Å². The number of rotatable bonds is 8. The predicted octanol–water partition coefficient (Wildman–Crippen LogP) is 1.79. The molecule has 0 bridgehead atoms. The lowest BCUT2D eigenvalue weighted by atomic mass is 10.1. The highest BCUT2D eigenvalue weighted by molar-refractivity contribution is 5.77. The van der Waals surface area contributed by atoms with Crippen molar-refractivity contribution < 1.29 is 9.53 Å². The van der Waals surface area contributed by atoms with Gasteiger partial charge >= 0.3 is 0 Å². The maximum Gasteiger partial charge on any atom is 0.225 e. The molecule has 0 spiro atoms. The van der Waals surface area contributed by atoms with E-state index in [0.29, 0.717) is 36.7 Å². The van der Waals surface area contributed by atoms with Gasteiger partial charge in [0.1, 0.15) is 0 Å². The van der Waals surface area contributed by atoms with E-state index in [-0.39, 0.29) is 17.9 Å². The van der Waals surface area contributed by atoms with Crippen molar-refractivity contribution in [2.24, 2.45) is 11.7 Å². The van der Waals surface area contributed by atoms with Gasteiger partial charge in [-0.25, -0.2) is 4.98 Å². The highest BCUT2D eigenvalue weighted by Crippen LogP contribution is 2.27. The average Bonchev–Trinajstić information content (AvgIpc) is 3.57. The van der Waals surface area contributed by atoms with Crippen LogP contribution in [0.2, 0.25) is 0 Å². The van der Waals surface area contributed by atoms with Gasteiger partial charge in [-0.15, -0.1) is 5.10 Å². The van der Waals surface area contributed by atoms with Crippen molar-refractivity contribution in [3.8, 4) is 16.8 Å². The van der Waals surface area contributed by atoms with E-state index in [4.69, 9.17) is 10.5 Å². The lowest BCUT2D eigenvalue weighted by molar-refractivity contribution is -0.121. The molecule has 3 N–H and O–H groups in total. The van der Waals surface area contributed by atoms with Crippen LogP contribution in [0.25, 0.3) is 28.0 Å². The van der Waals surface area contributed by atoms with E-state index in [2.05, 4.69) is 30.7 Å². The molecule has 2 atom stereocenters. The van der Waals surface area contributed by atoms with Crippen LogP contribution in [0.15, 0.2) is 42.9 Å². The summed E-state index contributed by atoms with van der Waals surface area (Å²) < 4.78 is 8.65. The van der Waals surface area contributed by atoms with Crippen molar-refractivity contribution in [2.75, 3.05) is 19.0 Å². The van der Waals surface area contributed by atoms with Gasteiger partial charge in [-0.3, -0.25) is 9.48 Å². The molecule has 1 aliphatic carbocycles. The SMILES string of the molecule is COCCn1cc(-c2ccc(-n3nnc4cnc(N[C@@H]5CC[C@@H](C(N)=O)C5)nc43)cc2)cn1. The number of carbonyl (C=O) groups is 1. The predicted molar refractivity (Wildman–Crippen MR) is 121 cm³/mol. The van der Waals surface area contributed by atoms with Gasteiger partial charge in [0.25, 0.3) is 0 Å². The molecule has 5 rings (SSSR count). The number of hydrogen-bond donors (Lipinski definition) is 2. The lowest BCUT2D eigenvalue weighted by Crippen LogP contribution is -2.23. The third-order valence-electron chi connectivity index (χ3n) is 5.96. The molecule has 11 heteroatoms. The second-order valence-corrected chi connectivity index (χ2v) is 8.19. The topological polar surface area (TPSA) is 139 Å². The Kier molecular flexibility index (Phi) is 5.69. The number of anilines is 1. The minimum atomic E-state index is -0.247. The lowest BCUT2D eigenvalue weighted by Gasteiger charge is -2.12. The van der Waals surface area contributed by atoms with Crippen LogP contribution in [0.4, 0.5) is 5.95 Å². The van der Waals surface area contributed by atoms with Gasteiger partial charge in [0.05, 0.1) is 31.2 Å². The molecule has 1 saturated carbocycles. The fraction of sp³-hybridized carbons (Fsp3) is 0.364. The molecule has 3 aromatic heterocycles. The molecule has 170 valence electrons. The van der Waals surface area contributed by atoms with Gasteiger partial charge < -0.3 is 15.8 Å². The Morgan fingerprint density at radius 2 is 2.06 bits per heavy atom. The summed E-state index contributed by atoms with van der Waals surface area (Å²) in [5.41, 5.74) is 9.57. The van der Waals surface area contributed by atoms with Gasteiger partial charge in [-0.2, -0.15) is 14.8 Å². The first kappa shape index (κ1) is 21.0. The van der Waals surface area contributed by atoms with E-state index in [9.17, 15) is 4.79 Å². The number of methoxy groups -OCH3 is 1. The molecule has 3 heterocycles. The number of fused-ring (bicyclic) bond motifs is 1. The quantitative estimate of drug-likeness (QED) is 0.417. The van der Waals surface area contributed by atoms with Crippen molar-refractivity contribution in [3.63, 3.8) is 0 Å². The zero-order valence-electron chi connectivity index (χ0n) is 18.3. The number of hydrogen-bond acceptors (Lipinski definition) is 8. The van der Waals surface area contributed by atoms with E-state index in [0.717, 1.165) is 29.7 Å². The Hall–Kier alpha value is -3.86. The van der Waals surface area contributed by atoms with Crippen LogP contribution in [0.1, 0.15) is 19.3 Å². The molecule has 1 aromatic carbocycles. The third kappa shape index (κ3) is 4.40. The summed E-state index contributed by atoms with van der Waals surface area (Å²) in [6.07, 6.45) is 7.82. The molecular weight excluding hydrogens is 422 g/mol. The van der Waals surface area contributed by atoms with E-state index in [1.54, 1.807) is 18.0 Å². The summed E-state index contributed by atoms with van der Waals surface area (Å²) >= 11 is 0. The van der Waals surface area contributed by atoms with Crippen LogP contribution in [0, 0.1) is 5.92 Å². The van der Waals surface area contributed by atoms with Gasteiger partial charge in [0.2, 0.25) is 11.9 Å². The van der Waals surface area contributed by atoms with E-state index in [1.165, 1.54) is 0 Å². The smallest absolute Gasteiger partial charge is 0.225 e. The zero-order chi connectivity index (χ0) is 22.8. The number of carbonyl (C=O) groups excluding carboxylic acids is 1. The highest BCUT2D eigenvalue weighted by Gasteiger charge is 2.28. The summed E-state index contributed by atoms with van der Waals surface area (Å²) in [6.45, 7) is 1.32. The second kappa shape index (κ2) is 8.94. The fourth-order valence-corrected chi connectivity index (χ4v) is 4.14. The van der Waals surface area contributed by atoms with Crippen LogP contribution >= 0.6 is 0 Å². The Bertz CT molecular complexity index is 1260. The zero-order valence-corrected chi connectivity index (χ0v) is 18.3. The molecule has 0 saturated heterocycles. The standard InChI is InChI=1S/C22H25N9O2/c1-33-9-8-30-13-16(11-25-30)14-3-6-18(7-4-14)31-21-19(28-29-31)12-24-22(27-21)26-17-5-2-15(10-17)20(23)32/h3-4,6-7,11-13,15,17H,2,5,8-10H2,1H3,(H2,23,32)(H,24,26,27)/t15-,17-/m1/s1. The third-order valence-corrected chi connectivity index (χ3v) is 5.96. The Balaban J connectivity index is 1.34. The number of ether oxygens (including phenoxy) is 1. The summed E-state index contributed by atoms with van der Waals surface area (Å²) in [6, 6.07) is 8.10. The van der Waals surface area contributed by atoms with Crippen molar-refractivity contribution in [2.45, 2.75) is 31.8 Å². The monoisotopic (exact) mass is 447 g/mol. The average molecular weight is 448 g/mol. The molecular formula is C22H25N9O2. The normalized spacial score (nSPS) is 18.1. The number of nitrogens with zero attached hydrogens (tertiary/aromatic N) is 7. The maximum atomic E-state index is 11.4. The fourth-order valence-electron chi connectivity index (χ4n) is 4.14. The number of aromatic nitrogens is 7. The Labute approximate surface area is 190 Å². The summed E-state index contributed by atoms with van der Waals surface area (Å²) in [7, 11) is 1.68. The highest BCUT2D eigenvalue weighted by atomic mass is 16.5. The molecule has 0 unspecified atom stereocenters. The molecule has 33 heavy (non-hydrogen) atoms. The van der Waals surface area contributed by atoms with E-state index >= 15 is 0 Å². The van der Waals surface area contributed by atoms with Crippen LogP contribution in [0.3, 0.4) is 0 Å². The number of benzene rings is 1. The molecule has 1 amide bonds. The molecule has 1 aliphatic rings. The number of nitrogens with two attached hydrogens (primary N) is 1. The molecule has 1 fully saturated rings. The van der Waals surface area contributed by atoms with Crippen molar-refractivity contribution in [1.82, 2.24) is 34.7 Å². The molecule has 11 nitrogen and oxygen atoms in total. The molecule has 4 aromatic rings. The minimum Gasteiger partial charge on any atom is -0.383 e. The first-order valence-corrected chi connectivity index (χ1v) is 10.9. The number of amides is 1. The first-order valence-electron chi connectivity index (χ1n) is 10.9. The molecule has 0 radical (unpaired) electrons. The number of primary amides is 1. The largest absolute Gasteiger partial charge is 0.383 e. The maximum absolute atomic E-state index is 11.4. The van der Waals surface area contributed by atoms with Gasteiger partial charge in [-0.1, -0.05) is 17.3 Å². The second-order valence-electron chi connectivity index (χ2n) is 8.19. The van der Waals surface area contributed by atoms with Gasteiger partial charge in [-0.05, 0) is 37.0 Å². The first-order chi connectivity index (χ1) is 16.1. The summed E-state index contributed by atoms with van der Waals surface area (Å²) in [4.78, 5) is 20.4. The minimum absolute atomic E-state index is 0.0935. The summed E-state index contributed by atoms with van der Waals surface area (Å²) in [5, 5.41) is 16.1. The van der Waals surface area contributed by atoms with Crippen LogP contribution in [-0.4, -0.2) is 60.4 Å². The van der Waals surface area contributed by atoms with Crippen molar-refractivity contribution in [1.29, 1.82) is 0 Å². The number of nitrogens with one attached hydrogen (secondary N) is 1. The van der Waals surface area contributed by atoms with E-state index in [1.807, 2.05) is 41.3 Å². The Morgan fingerprint density at radius 1 is 1.21 bits per heavy atom. The molecule has 0 aliphatic heterocycles. The van der Waals surface area contributed by atoms with E-state index < -0.39 is 0 Å².